The molecule has 0 heterocycles. The number of carbonyl (C=O) groups is 1. The van der Waals surface area contributed by atoms with Crippen LogP contribution in [0.2, 0.25) is 0 Å². The lowest BCUT2D eigenvalue weighted by Crippen LogP contribution is -2.36. The molecule has 0 bridgehead atoms. The quantitative estimate of drug-likeness (QED) is 0.627. The summed E-state index contributed by atoms with van der Waals surface area (Å²) in [5.74, 6) is -0.146. The molecule has 0 aliphatic rings. The molecule has 1 aromatic rings. The van der Waals surface area contributed by atoms with Crippen LogP contribution in [0.5, 0.6) is 0 Å². The van der Waals surface area contributed by atoms with E-state index < -0.39 is 16.9 Å². The number of non-ortho nitro benzene ring substituents is 1. The number of carbonyl (C=O) groups excluding carboxylic acids is 1. The van der Waals surface area contributed by atoms with Crippen LogP contribution < -0.4 is 11.1 Å². The van der Waals surface area contributed by atoms with Crippen LogP contribution in [0.3, 0.4) is 0 Å². The minimum absolute atomic E-state index is 0.0318. The topological polar surface area (TPSA) is 122 Å². The molecule has 106 valence electrons. The monoisotopic (exact) mass is 276 g/mol. The van der Waals surface area contributed by atoms with Crippen molar-refractivity contribution in [2.75, 3.05) is 5.32 Å². The number of anilines is 1. The lowest BCUT2D eigenvalue weighted by atomic mass is 10.0. The van der Waals surface area contributed by atoms with Gasteiger partial charge in [0.05, 0.1) is 22.2 Å². The largest absolute Gasteiger partial charge is 0.324 e. The fourth-order valence-electron chi connectivity index (χ4n) is 1.69. The molecule has 0 fully saturated rings. The lowest BCUT2D eigenvalue weighted by Gasteiger charge is -2.14. The first-order valence-corrected chi connectivity index (χ1v) is 6.10. The van der Waals surface area contributed by atoms with Crippen LogP contribution >= 0.6 is 0 Å². The summed E-state index contributed by atoms with van der Waals surface area (Å²) in [4.78, 5) is 21.9. The van der Waals surface area contributed by atoms with E-state index >= 15 is 0 Å². The first-order valence-electron chi connectivity index (χ1n) is 6.10. The maximum absolute atomic E-state index is 11.9. The van der Waals surface area contributed by atoms with Gasteiger partial charge in [0.15, 0.2) is 0 Å². The molecule has 1 rings (SSSR count). The molecular formula is C13H16N4O3. The molecule has 1 atom stereocenters. The predicted molar refractivity (Wildman–Crippen MR) is 73.9 cm³/mol. The molecule has 7 nitrogen and oxygen atoms in total. The Morgan fingerprint density at radius 3 is 2.70 bits per heavy atom. The minimum atomic E-state index is -0.684. The van der Waals surface area contributed by atoms with Crippen molar-refractivity contribution in [2.24, 2.45) is 11.7 Å². The zero-order valence-corrected chi connectivity index (χ0v) is 11.3. The second-order valence-corrected chi connectivity index (χ2v) is 4.82. The number of nitriles is 1. The van der Waals surface area contributed by atoms with E-state index in [9.17, 15) is 14.9 Å². The van der Waals surface area contributed by atoms with Crippen LogP contribution in [0.1, 0.15) is 25.8 Å². The second-order valence-electron chi connectivity index (χ2n) is 4.82. The first kappa shape index (κ1) is 15.6. The third kappa shape index (κ3) is 4.03. The summed E-state index contributed by atoms with van der Waals surface area (Å²) in [5.41, 5.74) is 5.79. The molecule has 0 radical (unpaired) electrons. The van der Waals surface area contributed by atoms with Gasteiger partial charge in [-0.1, -0.05) is 13.8 Å². The first-order chi connectivity index (χ1) is 9.35. The van der Waals surface area contributed by atoms with E-state index in [-0.39, 0.29) is 22.9 Å². The van der Waals surface area contributed by atoms with E-state index in [0.29, 0.717) is 6.42 Å². The molecule has 0 aliphatic carbocycles. The highest BCUT2D eigenvalue weighted by Gasteiger charge is 2.17. The number of hydrogen-bond donors (Lipinski definition) is 2. The molecule has 0 aliphatic heterocycles. The molecule has 1 aromatic carbocycles. The number of rotatable bonds is 5. The Labute approximate surface area is 116 Å². The molecule has 0 aromatic heterocycles. The van der Waals surface area contributed by atoms with Crippen molar-refractivity contribution in [1.29, 1.82) is 5.26 Å². The van der Waals surface area contributed by atoms with E-state index in [2.05, 4.69) is 5.32 Å². The number of hydrogen-bond acceptors (Lipinski definition) is 5. The van der Waals surface area contributed by atoms with Gasteiger partial charge in [-0.15, -0.1) is 0 Å². The zero-order valence-electron chi connectivity index (χ0n) is 11.3. The Kier molecular flexibility index (Phi) is 5.17. The fraction of sp³-hybridized carbons (Fsp3) is 0.385. The Hall–Kier alpha value is -2.46. The maximum Gasteiger partial charge on any atom is 0.270 e. The summed E-state index contributed by atoms with van der Waals surface area (Å²) in [7, 11) is 0. The van der Waals surface area contributed by atoms with Crippen LogP contribution in [-0.2, 0) is 4.79 Å². The van der Waals surface area contributed by atoms with Crippen LogP contribution in [-0.4, -0.2) is 16.9 Å². The Morgan fingerprint density at radius 2 is 2.20 bits per heavy atom. The Morgan fingerprint density at radius 1 is 1.55 bits per heavy atom. The molecule has 0 saturated carbocycles. The van der Waals surface area contributed by atoms with Crippen molar-refractivity contribution >= 4 is 17.3 Å². The minimum Gasteiger partial charge on any atom is -0.324 e. The van der Waals surface area contributed by atoms with Gasteiger partial charge in [-0.05, 0) is 18.4 Å². The molecular weight excluding hydrogens is 260 g/mol. The smallest absolute Gasteiger partial charge is 0.270 e. The highest BCUT2D eigenvalue weighted by molar-refractivity contribution is 5.95. The number of benzene rings is 1. The van der Waals surface area contributed by atoms with Gasteiger partial charge in [-0.25, -0.2) is 0 Å². The summed E-state index contributed by atoms with van der Waals surface area (Å²) < 4.78 is 0. The number of nitrogens with zero attached hydrogens (tertiary/aromatic N) is 2. The third-order valence-corrected chi connectivity index (χ3v) is 2.65. The van der Waals surface area contributed by atoms with E-state index in [1.165, 1.54) is 12.1 Å². The van der Waals surface area contributed by atoms with Gasteiger partial charge in [-0.2, -0.15) is 5.26 Å². The SMILES string of the molecule is CC(C)C[C@H](N)C(=O)Nc1ccc([N+](=O)[O-])cc1C#N. The molecule has 3 N–H and O–H groups in total. The third-order valence-electron chi connectivity index (χ3n) is 2.65. The molecule has 0 spiro atoms. The summed E-state index contributed by atoms with van der Waals surface area (Å²) in [5, 5.41) is 22.1. The summed E-state index contributed by atoms with van der Waals surface area (Å²) in [6, 6.07) is 4.80. The molecule has 20 heavy (non-hydrogen) atoms. The Balaban J connectivity index is 2.90. The fourth-order valence-corrected chi connectivity index (χ4v) is 1.69. The second kappa shape index (κ2) is 6.63. The standard InChI is InChI=1S/C13H16N4O3/c1-8(2)5-11(15)13(18)16-12-4-3-10(17(19)20)6-9(12)7-14/h3-4,6,8,11H,5,15H2,1-2H3,(H,16,18)/t11-/m0/s1. The van der Waals surface area contributed by atoms with Crippen molar-refractivity contribution in [3.8, 4) is 6.07 Å². The van der Waals surface area contributed by atoms with Crippen LogP contribution in [0, 0.1) is 27.4 Å². The van der Waals surface area contributed by atoms with Crippen LogP contribution in [0.15, 0.2) is 18.2 Å². The molecule has 7 heteroatoms. The van der Waals surface area contributed by atoms with Gasteiger partial charge >= 0.3 is 0 Å². The lowest BCUT2D eigenvalue weighted by molar-refractivity contribution is -0.384. The zero-order chi connectivity index (χ0) is 15.3. The number of amides is 1. The number of nitro benzene ring substituents is 1. The number of nitrogens with two attached hydrogens (primary N) is 1. The Bertz CT molecular complexity index is 563. The van der Waals surface area contributed by atoms with Crippen molar-refractivity contribution in [2.45, 2.75) is 26.3 Å². The van der Waals surface area contributed by atoms with Gasteiger partial charge in [0.25, 0.3) is 5.69 Å². The van der Waals surface area contributed by atoms with Crippen molar-refractivity contribution in [3.05, 3.63) is 33.9 Å². The van der Waals surface area contributed by atoms with E-state index in [4.69, 9.17) is 11.0 Å². The van der Waals surface area contributed by atoms with E-state index in [1.54, 1.807) is 0 Å². The van der Waals surface area contributed by atoms with Crippen molar-refractivity contribution < 1.29 is 9.72 Å². The van der Waals surface area contributed by atoms with Crippen LogP contribution in [0.4, 0.5) is 11.4 Å². The van der Waals surface area contributed by atoms with Crippen molar-refractivity contribution in [3.63, 3.8) is 0 Å². The van der Waals surface area contributed by atoms with Crippen molar-refractivity contribution in [1.82, 2.24) is 0 Å². The van der Waals surface area contributed by atoms with E-state index in [0.717, 1.165) is 6.07 Å². The highest BCUT2D eigenvalue weighted by Crippen LogP contribution is 2.21. The van der Waals surface area contributed by atoms with E-state index in [1.807, 2.05) is 19.9 Å². The van der Waals surface area contributed by atoms with Gasteiger partial charge in [0, 0.05) is 12.1 Å². The summed E-state index contributed by atoms with van der Waals surface area (Å²) in [6.07, 6.45) is 0.515. The average Bonchev–Trinajstić information content (AvgIpc) is 2.37. The molecule has 0 unspecified atom stereocenters. The number of nitro groups is 1. The van der Waals surface area contributed by atoms with Gasteiger partial charge in [0.1, 0.15) is 6.07 Å². The summed E-state index contributed by atoms with van der Waals surface area (Å²) >= 11 is 0. The maximum atomic E-state index is 11.9. The normalized spacial score (nSPS) is 11.8. The van der Waals surface area contributed by atoms with Gasteiger partial charge < -0.3 is 11.1 Å². The van der Waals surface area contributed by atoms with Gasteiger partial charge in [-0.3, -0.25) is 14.9 Å². The van der Waals surface area contributed by atoms with Crippen LogP contribution in [0.25, 0.3) is 0 Å². The highest BCUT2D eigenvalue weighted by atomic mass is 16.6. The predicted octanol–water partition coefficient (Wildman–Crippen LogP) is 1.78. The molecule has 0 saturated heterocycles. The number of nitrogens with one attached hydrogen (secondary N) is 1. The van der Waals surface area contributed by atoms with Gasteiger partial charge in [0.2, 0.25) is 5.91 Å². The summed E-state index contributed by atoms with van der Waals surface area (Å²) in [6.45, 7) is 3.89. The average molecular weight is 276 g/mol. The molecule has 1 amide bonds.